The summed E-state index contributed by atoms with van der Waals surface area (Å²) in [5.74, 6) is -7.19. The molecular weight excluding hydrogens is 238 g/mol. The quantitative estimate of drug-likeness (QED) is 0.558. The molecule has 0 spiro atoms. The van der Waals surface area contributed by atoms with Crippen molar-refractivity contribution in [2.75, 3.05) is 0 Å². The highest BCUT2D eigenvalue weighted by Crippen LogP contribution is 2.21. The molecule has 90 valence electrons. The van der Waals surface area contributed by atoms with Crippen LogP contribution in [-0.2, 0) is 6.42 Å². The second-order valence-corrected chi connectivity index (χ2v) is 3.47. The molecule has 2 aromatic heterocycles. The number of pyridine rings is 2. The monoisotopic (exact) mass is 245 g/mol. The normalized spacial score (nSPS) is 11.1. The van der Waals surface area contributed by atoms with Crippen molar-refractivity contribution in [2.24, 2.45) is 0 Å². The van der Waals surface area contributed by atoms with Crippen molar-refractivity contribution >= 4 is 5.52 Å². The zero-order chi connectivity index (χ0) is 12.7. The summed E-state index contributed by atoms with van der Waals surface area (Å²) in [6.07, 6.45) is 0.255. The fraction of sp³-hybridized carbons (Fsp3) is 0.182. The van der Waals surface area contributed by atoms with E-state index < -0.39 is 34.5 Å². The molecular formula is C11H7F4NO. The first-order valence-corrected chi connectivity index (χ1v) is 4.85. The molecule has 0 atom stereocenters. The van der Waals surface area contributed by atoms with Gasteiger partial charge in [0.15, 0.2) is 5.82 Å². The predicted octanol–water partition coefficient (Wildman–Crippen LogP) is 2.42. The van der Waals surface area contributed by atoms with Crippen LogP contribution in [-0.4, -0.2) is 4.40 Å². The maximum atomic E-state index is 13.5. The lowest BCUT2D eigenvalue weighted by atomic mass is 10.1. The molecule has 2 heterocycles. The van der Waals surface area contributed by atoms with Crippen molar-refractivity contribution in [1.82, 2.24) is 4.40 Å². The largest absolute Gasteiger partial charge is 0.269 e. The lowest BCUT2D eigenvalue weighted by molar-refractivity contribution is 0.387. The standard InChI is InChI=1S/C11H7F4NO/c1-2-5-3-4-6(17)16-10(5)8(13)7(12)9(14)11(16)15/h3-4H,2H2,1H3. The Morgan fingerprint density at radius 1 is 1.06 bits per heavy atom. The van der Waals surface area contributed by atoms with Gasteiger partial charge in [-0.15, -0.1) is 0 Å². The average Bonchev–Trinajstić information content (AvgIpc) is 2.33. The van der Waals surface area contributed by atoms with Gasteiger partial charge in [-0.3, -0.25) is 4.79 Å². The highest BCUT2D eigenvalue weighted by Gasteiger charge is 2.22. The number of aromatic nitrogens is 1. The molecule has 0 aliphatic rings. The van der Waals surface area contributed by atoms with Gasteiger partial charge in [0, 0.05) is 6.07 Å². The van der Waals surface area contributed by atoms with E-state index in [0.29, 0.717) is 0 Å². The lowest BCUT2D eigenvalue weighted by Gasteiger charge is -2.09. The number of aryl methyl sites for hydroxylation is 1. The van der Waals surface area contributed by atoms with Crippen LogP contribution < -0.4 is 5.56 Å². The predicted molar refractivity (Wildman–Crippen MR) is 52.9 cm³/mol. The van der Waals surface area contributed by atoms with Crippen LogP contribution in [0.15, 0.2) is 16.9 Å². The highest BCUT2D eigenvalue weighted by atomic mass is 19.2. The minimum absolute atomic E-state index is 0.201. The molecule has 2 rings (SSSR count). The third kappa shape index (κ3) is 1.51. The number of hydrogen-bond acceptors (Lipinski definition) is 1. The molecule has 2 nitrogen and oxygen atoms in total. The van der Waals surface area contributed by atoms with Crippen molar-refractivity contribution in [3.8, 4) is 0 Å². The molecule has 0 saturated carbocycles. The molecule has 0 N–H and O–H groups in total. The molecule has 0 aliphatic heterocycles. The molecule has 6 heteroatoms. The van der Waals surface area contributed by atoms with Crippen molar-refractivity contribution in [1.29, 1.82) is 0 Å². The van der Waals surface area contributed by atoms with E-state index in [1.165, 1.54) is 6.07 Å². The molecule has 0 amide bonds. The van der Waals surface area contributed by atoms with E-state index >= 15 is 0 Å². The van der Waals surface area contributed by atoms with Crippen LogP contribution in [0.3, 0.4) is 0 Å². The van der Waals surface area contributed by atoms with Gasteiger partial charge >= 0.3 is 0 Å². The number of rotatable bonds is 1. The SMILES string of the molecule is CCc1ccc(=O)n2c(F)c(F)c(F)c(F)c12. The summed E-state index contributed by atoms with van der Waals surface area (Å²) in [6, 6.07) is 2.24. The Hall–Kier alpha value is -1.85. The second kappa shape index (κ2) is 3.87. The molecule has 0 unspecified atom stereocenters. The van der Waals surface area contributed by atoms with Gasteiger partial charge in [-0.05, 0) is 12.0 Å². The molecule has 0 saturated heterocycles. The summed E-state index contributed by atoms with van der Waals surface area (Å²) >= 11 is 0. The molecule has 0 bridgehead atoms. The first-order valence-electron chi connectivity index (χ1n) is 4.85. The highest BCUT2D eigenvalue weighted by molar-refractivity contribution is 5.56. The summed E-state index contributed by atoms with van der Waals surface area (Å²) in [5, 5.41) is 0. The van der Waals surface area contributed by atoms with Crippen LogP contribution in [0.2, 0.25) is 0 Å². The first-order chi connectivity index (χ1) is 7.99. The Morgan fingerprint density at radius 3 is 2.29 bits per heavy atom. The minimum atomic E-state index is -2.00. The van der Waals surface area contributed by atoms with Gasteiger partial charge in [-0.1, -0.05) is 13.0 Å². The van der Waals surface area contributed by atoms with Crippen LogP contribution >= 0.6 is 0 Å². The number of fused-ring (bicyclic) bond motifs is 1. The summed E-state index contributed by atoms with van der Waals surface area (Å²) in [4.78, 5) is 11.4. The van der Waals surface area contributed by atoms with E-state index in [2.05, 4.69) is 0 Å². The van der Waals surface area contributed by atoms with E-state index in [1.807, 2.05) is 0 Å². The van der Waals surface area contributed by atoms with Crippen molar-refractivity contribution in [3.63, 3.8) is 0 Å². The van der Waals surface area contributed by atoms with Crippen LogP contribution in [0.5, 0.6) is 0 Å². The van der Waals surface area contributed by atoms with E-state index in [9.17, 15) is 22.4 Å². The smallest absolute Gasteiger partial charge is 0.257 e. The van der Waals surface area contributed by atoms with E-state index in [4.69, 9.17) is 0 Å². The van der Waals surface area contributed by atoms with Gasteiger partial charge in [0.2, 0.25) is 17.6 Å². The average molecular weight is 245 g/mol. The third-order valence-corrected chi connectivity index (χ3v) is 2.53. The second-order valence-electron chi connectivity index (χ2n) is 3.47. The zero-order valence-electron chi connectivity index (χ0n) is 8.73. The van der Waals surface area contributed by atoms with Gasteiger partial charge < -0.3 is 0 Å². The van der Waals surface area contributed by atoms with Gasteiger partial charge in [-0.25, -0.2) is 13.2 Å². The van der Waals surface area contributed by atoms with Crippen molar-refractivity contribution in [2.45, 2.75) is 13.3 Å². The molecule has 2 aromatic rings. The third-order valence-electron chi connectivity index (χ3n) is 2.53. The van der Waals surface area contributed by atoms with E-state index in [0.717, 1.165) is 6.07 Å². The fourth-order valence-corrected chi connectivity index (χ4v) is 1.69. The van der Waals surface area contributed by atoms with Crippen LogP contribution in [0.4, 0.5) is 17.6 Å². The fourth-order valence-electron chi connectivity index (χ4n) is 1.69. The van der Waals surface area contributed by atoms with Crippen molar-refractivity contribution in [3.05, 3.63) is 51.4 Å². The van der Waals surface area contributed by atoms with Crippen molar-refractivity contribution < 1.29 is 17.6 Å². The minimum Gasteiger partial charge on any atom is -0.269 e. The van der Waals surface area contributed by atoms with Crippen LogP contribution in [0.1, 0.15) is 12.5 Å². The van der Waals surface area contributed by atoms with Gasteiger partial charge in [0.1, 0.15) is 0 Å². The summed E-state index contributed by atoms with van der Waals surface area (Å²) in [5.41, 5.74) is -1.29. The molecule has 0 fully saturated rings. The number of hydrogen-bond donors (Lipinski definition) is 0. The van der Waals surface area contributed by atoms with Gasteiger partial charge in [-0.2, -0.15) is 8.78 Å². The molecule has 0 aromatic carbocycles. The van der Waals surface area contributed by atoms with E-state index in [1.54, 1.807) is 6.92 Å². The summed E-state index contributed by atoms with van der Waals surface area (Å²) < 4.78 is 53.2. The topological polar surface area (TPSA) is 21.5 Å². The molecule has 17 heavy (non-hydrogen) atoms. The summed E-state index contributed by atoms with van der Waals surface area (Å²) in [7, 11) is 0. The number of nitrogens with zero attached hydrogens (tertiary/aromatic N) is 1. The Labute approximate surface area is 93.1 Å². The maximum Gasteiger partial charge on any atom is 0.257 e. The Morgan fingerprint density at radius 2 is 1.71 bits per heavy atom. The Bertz CT molecular complexity index is 663. The first kappa shape index (κ1) is 11.6. The summed E-state index contributed by atoms with van der Waals surface area (Å²) in [6.45, 7) is 1.62. The lowest BCUT2D eigenvalue weighted by Crippen LogP contribution is -2.20. The van der Waals surface area contributed by atoms with Crippen LogP contribution in [0, 0.1) is 23.4 Å². The van der Waals surface area contributed by atoms with Gasteiger partial charge in [0.05, 0.1) is 5.52 Å². The number of halogens is 4. The van der Waals surface area contributed by atoms with Gasteiger partial charge in [0.25, 0.3) is 5.56 Å². The zero-order valence-corrected chi connectivity index (χ0v) is 8.73. The van der Waals surface area contributed by atoms with Crippen LogP contribution in [0.25, 0.3) is 5.52 Å². The Balaban J connectivity index is 3.15. The molecule has 0 aliphatic carbocycles. The molecule has 0 radical (unpaired) electrons. The Kier molecular flexibility index (Phi) is 2.65. The maximum absolute atomic E-state index is 13.5. The van der Waals surface area contributed by atoms with E-state index in [-0.39, 0.29) is 16.4 Å².